The van der Waals surface area contributed by atoms with Crippen molar-refractivity contribution in [3.8, 4) is 0 Å². The quantitative estimate of drug-likeness (QED) is 0.665. The number of para-hydroxylation sites is 1. The number of rotatable bonds is 4. The maximum absolute atomic E-state index is 7.61. The van der Waals surface area contributed by atoms with Gasteiger partial charge < -0.3 is 10.6 Å². The van der Waals surface area contributed by atoms with Gasteiger partial charge in [0.15, 0.2) is 0 Å². The van der Waals surface area contributed by atoms with Crippen molar-refractivity contribution in [1.82, 2.24) is 4.98 Å². The minimum absolute atomic E-state index is 0.0586. The summed E-state index contributed by atoms with van der Waals surface area (Å²) in [4.78, 5) is 5.98. The molecule has 0 bridgehead atoms. The number of nitrogens with zero attached hydrogens (tertiary/aromatic N) is 2. The molecule has 1 aromatic carbocycles. The number of aromatic nitrogens is 1. The van der Waals surface area contributed by atoms with Gasteiger partial charge in [-0.05, 0) is 23.8 Å². The predicted octanol–water partition coefficient (Wildman–Crippen LogP) is 2.66. The number of hydrogen-bond donors (Lipinski definition) is 2. The summed E-state index contributed by atoms with van der Waals surface area (Å²) >= 11 is 6.10. The van der Waals surface area contributed by atoms with E-state index in [2.05, 4.69) is 4.98 Å². The molecule has 4 nitrogen and oxygen atoms in total. The van der Waals surface area contributed by atoms with Crippen molar-refractivity contribution in [3.05, 3.63) is 58.9 Å². The molecule has 0 aliphatic rings. The van der Waals surface area contributed by atoms with Crippen LogP contribution in [0.2, 0.25) is 5.02 Å². The smallest absolute Gasteiger partial charge is 0.124 e. The second-order valence-electron chi connectivity index (χ2n) is 4.25. The first-order valence-electron chi connectivity index (χ1n) is 5.82. The zero-order valence-corrected chi connectivity index (χ0v) is 11.4. The minimum atomic E-state index is 0.0586. The first-order valence-corrected chi connectivity index (χ1v) is 6.20. The highest BCUT2D eigenvalue weighted by atomic mass is 35.5. The van der Waals surface area contributed by atoms with Gasteiger partial charge in [-0.2, -0.15) is 0 Å². The lowest BCUT2D eigenvalue weighted by atomic mass is 10.1. The molecular formula is C14H15ClN4. The van der Waals surface area contributed by atoms with Crippen molar-refractivity contribution in [2.75, 3.05) is 11.9 Å². The second kappa shape index (κ2) is 5.71. The Morgan fingerprint density at radius 3 is 2.79 bits per heavy atom. The fourth-order valence-corrected chi connectivity index (χ4v) is 2.09. The largest absolute Gasteiger partial charge is 0.384 e. The van der Waals surface area contributed by atoms with Crippen molar-refractivity contribution in [2.45, 2.75) is 6.54 Å². The summed E-state index contributed by atoms with van der Waals surface area (Å²) in [5.41, 5.74) is 8.20. The van der Waals surface area contributed by atoms with Crippen LogP contribution in [0.5, 0.6) is 0 Å². The molecule has 0 spiro atoms. The minimum Gasteiger partial charge on any atom is -0.384 e. The highest BCUT2D eigenvalue weighted by Crippen LogP contribution is 2.22. The Hall–Kier alpha value is -2.07. The number of amidine groups is 1. The number of halogens is 1. The third-order valence-corrected chi connectivity index (χ3v) is 3.21. The molecule has 5 heteroatoms. The van der Waals surface area contributed by atoms with Gasteiger partial charge in [0.1, 0.15) is 5.84 Å². The van der Waals surface area contributed by atoms with E-state index in [0.717, 1.165) is 16.8 Å². The van der Waals surface area contributed by atoms with Crippen LogP contribution >= 0.6 is 11.6 Å². The Morgan fingerprint density at radius 2 is 2.11 bits per heavy atom. The molecule has 0 radical (unpaired) electrons. The van der Waals surface area contributed by atoms with Crippen molar-refractivity contribution in [3.63, 3.8) is 0 Å². The Balaban J connectivity index is 2.28. The third-order valence-electron chi connectivity index (χ3n) is 2.87. The Bertz CT molecular complexity index is 598. The topological polar surface area (TPSA) is 66.0 Å². The molecule has 2 rings (SSSR count). The van der Waals surface area contributed by atoms with E-state index in [0.29, 0.717) is 11.6 Å². The summed E-state index contributed by atoms with van der Waals surface area (Å²) in [6.45, 7) is 0.631. The molecule has 1 aromatic heterocycles. The van der Waals surface area contributed by atoms with E-state index in [1.54, 1.807) is 12.4 Å². The summed E-state index contributed by atoms with van der Waals surface area (Å²) in [7, 11) is 1.94. The molecule has 3 N–H and O–H groups in total. The van der Waals surface area contributed by atoms with Crippen molar-refractivity contribution in [2.24, 2.45) is 5.73 Å². The van der Waals surface area contributed by atoms with Gasteiger partial charge in [-0.25, -0.2) is 0 Å². The van der Waals surface area contributed by atoms with Crippen LogP contribution < -0.4 is 10.6 Å². The van der Waals surface area contributed by atoms with Crippen LogP contribution in [0.3, 0.4) is 0 Å². The molecule has 0 aliphatic carbocycles. The van der Waals surface area contributed by atoms with E-state index < -0.39 is 0 Å². The Labute approximate surface area is 117 Å². The molecule has 0 unspecified atom stereocenters. The normalized spacial score (nSPS) is 10.2. The molecule has 0 atom stereocenters. The number of hydrogen-bond acceptors (Lipinski definition) is 3. The lowest BCUT2D eigenvalue weighted by Gasteiger charge is -2.22. The number of nitrogens with two attached hydrogens (primary N) is 1. The van der Waals surface area contributed by atoms with E-state index in [9.17, 15) is 0 Å². The van der Waals surface area contributed by atoms with Crippen LogP contribution in [0.4, 0.5) is 5.69 Å². The lowest BCUT2D eigenvalue weighted by molar-refractivity contribution is 0.918. The van der Waals surface area contributed by atoms with E-state index in [1.165, 1.54) is 0 Å². The van der Waals surface area contributed by atoms with E-state index in [1.807, 2.05) is 42.3 Å². The van der Waals surface area contributed by atoms with Crippen LogP contribution in [-0.2, 0) is 6.54 Å². The molecule has 19 heavy (non-hydrogen) atoms. The number of benzene rings is 1. The van der Waals surface area contributed by atoms with Crippen LogP contribution in [0.25, 0.3) is 0 Å². The van der Waals surface area contributed by atoms with E-state index in [4.69, 9.17) is 22.7 Å². The van der Waals surface area contributed by atoms with Gasteiger partial charge in [0.05, 0.1) is 5.02 Å². The van der Waals surface area contributed by atoms with Crippen LogP contribution in [0.1, 0.15) is 11.1 Å². The molecule has 0 fully saturated rings. The lowest BCUT2D eigenvalue weighted by Crippen LogP contribution is -2.22. The van der Waals surface area contributed by atoms with Gasteiger partial charge in [-0.3, -0.25) is 10.4 Å². The standard InChI is InChI=1S/C14H15ClN4/c1-19(9-10-6-7-18-8-12(10)15)13-5-3-2-4-11(13)14(16)17/h2-8H,9H2,1H3,(H3,16,17). The third kappa shape index (κ3) is 3.03. The molecule has 0 aliphatic heterocycles. The highest BCUT2D eigenvalue weighted by molar-refractivity contribution is 6.31. The fourth-order valence-electron chi connectivity index (χ4n) is 1.91. The number of nitrogens with one attached hydrogen (secondary N) is 1. The van der Waals surface area contributed by atoms with Gasteiger partial charge in [0.25, 0.3) is 0 Å². The summed E-state index contributed by atoms with van der Waals surface area (Å²) in [5.74, 6) is 0.0586. The van der Waals surface area contributed by atoms with Crippen molar-refractivity contribution in [1.29, 1.82) is 5.41 Å². The Kier molecular flexibility index (Phi) is 4.02. The number of pyridine rings is 1. The fraction of sp³-hybridized carbons (Fsp3) is 0.143. The second-order valence-corrected chi connectivity index (χ2v) is 4.66. The van der Waals surface area contributed by atoms with Gasteiger partial charge >= 0.3 is 0 Å². The average molecular weight is 275 g/mol. The summed E-state index contributed by atoms with van der Waals surface area (Å²) in [5, 5.41) is 8.24. The molecule has 98 valence electrons. The maximum atomic E-state index is 7.61. The summed E-state index contributed by atoms with van der Waals surface area (Å²) < 4.78 is 0. The molecule has 0 saturated carbocycles. The molecular weight excluding hydrogens is 260 g/mol. The van der Waals surface area contributed by atoms with Crippen LogP contribution in [-0.4, -0.2) is 17.9 Å². The Morgan fingerprint density at radius 1 is 1.37 bits per heavy atom. The van der Waals surface area contributed by atoms with Gasteiger partial charge in [0.2, 0.25) is 0 Å². The molecule has 2 aromatic rings. The molecule has 0 saturated heterocycles. The van der Waals surface area contributed by atoms with Crippen molar-refractivity contribution >= 4 is 23.1 Å². The summed E-state index contributed by atoms with van der Waals surface area (Å²) in [6.07, 6.45) is 3.34. The predicted molar refractivity (Wildman–Crippen MR) is 78.8 cm³/mol. The first-order chi connectivity index (χ1) is 9.09. The first kappa shape index (κ1) is 13.4. The number of nitrogen functional groups attached to an aromatic ring is 1. The maximum Gasteiger partial charge on any atom is 0.124 e. The zero-order valence-electron chi connectivity index (χ0n) is 10.6. The SMILES string of the molecule is CN(Cc1ccncc1Cl)c1ccccc1C(=N)N. The average Bonchev–Trinajstić information content (AvgIpc) is 2.41. The number of anilines is 1. The van der Waals surface area contributed by atoms with E-state index in [-0.39, 0.29) is 5.84 Å². The van der Waals surface area contributed by atoms with E-state index >= 15 is 0 Å². The molecule has 0 amide bonds. The zero-order chi connectivity index (χ0) is 13.8. The van der Waals surface area contributed by atoms with Gasteiger partial charge in [-0.1, -0.05) is 23.7 Å². The van der Waals surface area contributed by atoms with Crippen molar-refractivity contribution < 1.29 is 0 Å². The van der Waals surface area contributed by atoms with Crippen LogP contribution in [0.15, 0.2) is 42.7 Å². The van der Waals surface area contributed by atoms with Gasteiger partial charge in [-0.15, -0.1) is 0 Å². The highest BCUT2D eigenvalue weighted by Gasteiger charge is 2.10. The molecule has 1 heterocycles. The monoisotopic (exact) mass is 274 g/mol. The summed E-state index contributed by atoms with van der Waals surface area (Å²) in [6, 6.07) is 9.45. The van der Waals surface area contributed by atoms with Crippen LogP contribution in [0, 0.1) is 5.41 Å². The van der Waals surface area contributed by atoms with Gasteiger partial charge in [0, 0.05) is 37.2 Å².